The smallest absolute Gasteiger partial charge is 0.332 e. The van der Waals surface area contributed by atoms with Crippen LogP contribution >= 0.6 is 0 Å². The molecule has 0 aromatic heterocycles. The van der Waals surface area contributed by atoms with E-state index in [1.165, 1.54) is 6.21 Å². The van der Waals surface area contributed by atoms with Gasteiger partial charge in [-0.1, -0.05) is 6.07 Å². The quantitative estimate of drug-likeness (QED) is 0.593. The summed E-state index contributed by atoms with van der Waals surface area (Å²) >= 11 is 0. The summed E-state index contributed by atoms with van der Waals surface area (Å²) in [6, 6.07) is 4.65. The molecule has 1 rings (SSSR count). The summed E-state index contributed by atoms with van der Waals surface area (Å²) in [6.45, 7) is 2.37. The van der Waals surface area contributed by atoms with Crippen molar-refractivity contribution in [1.82, 2.24) is 5.43 Å². The average molecular weight is 237 g/mol. The number of para-hydroxylation sites is 1. The number of carbonyl (C=O) groups is 1. The Morgan fingerprint density at radius 3 is 2.94 bits per heavy atom. The van der Waals surface area contributed by atoms with Gasteiger partial charge >= 0.3 is 6.03 Å². The number of nitrogens with zero attached hydrogens (tertiary/aromatic N) is 1. The van der Waals surface area contributed by atoms with Crippen molar-refractivity contribution in [1.29, 1.82) is 0 Å². The molecule has 0 unspecified atom stereocenters. The summed E-state index contributed by atoms with van der Waals surface area (Å²) < 4.78 is 10.6. The third-order valence-corrected chi connectivity index (χ3v) is 1.90. The monoisotopic (exact) mass is 237 g/mol. The number of amides is 2. The number of ether oxygens (including phenoxy) is 2. The van der Waals surface area contributed by atoms with Crippen molar-refractivity contribution in [2.75, 3.05) is 13.7 Å². The Morgan fingerprint density at radius 1 is 1.59 bits per heavy atom. The van der Waals surface area contributed by atoms with Gasteiger partial charge in [-0.15, -0.1) is 0 Å². The zero-order valence-corrected chi connectivity index (χ0v) is 9.77. The average Bonchev–Trinajstić information content (AvgIpc) is 2.30. The van der Waals surface area contributed by atoms with E-state index in [-0.39, 0.29) is 0 Å². The van der Waals surface area contributed by atoms with Gasteiger partial charge in [0.05, 0.1) is 19.9 Å². The molecule has 0 atom stereocenters. The first kappa shape index (κ1) is 12.8. The molecular formula is C11H15N3O3. The Morgan fingerprint density at radius 2 is 2.35 bits per heavy atom. The number of urea groups is 1. The number of hydrazone groups is 1. The van der Waals surface area contributed by atoms with Gasteiger partial charge in [0, 0.05) is 5.56 Å². The van der Waals surface area contributed by atoms with Crippen LogP contribution in [0.3, 0.4) is 0 Å². The third kappa shape index (κ3) is 3.67. The third-order valence-electron chi connectivity index (χ3n) is 1.90. The number of hydrogen-bond donors (Lipinski definition) is 2. The first-order valence-corrected chi connectivity index (χ1v) is 5.07. The van der Waals surface area contributed by atoms with Gasteiger partial charge in [0.15, 0.2) is 11.5 Å². The van der Waals surface area contributed by atoms with Crippen LogP contribution in [-0.2, 0) is 0 Å². The number of nitrogens with two attached hydrogens (primary N) is 1. The maximum Gasteiger partial charge on any atom is 0.332 e. The highest BCUT2D eigenvalue weighted by atomic mass is 16.5. The highest BCUT2D eigenvalue weighted by Gasteiger charge is 2.08. The summed E-state index contributed by atoms with van der Waals surface area (Å²) in [4.78, 5) is 10.5. The summed E-state index contributed by atoms with van der Waals surface area (Å²) in [5, 5.41) is 3.67. The molecular weight excluding hydrogens is 222 g/mol. The normalized spacial score (nSPS) is 10.2. The van der Waals surface area contributed by atoms with E-state index in [4.69, 9.17) is 15.2 Å². The van der Waals surface area contributed by atoms with Crippen LogP contribution in [0.1, 0.15) is 12.5 Å². The Balaban J connectivity index is 2.96. The van der Waals surface area contributed by atoms with Crippen LogP contribution in [0.5, 0.6) is 11.5 Å². The molecule has 0 bridgehead atoms. The molecule has 0 saturated carbocycles. The van der Waals surface area contributed by atoms with Crippen LogP contribution in [0.4, 0.5) is 4.79 Å². The molecule has 0 aliphatic heterocycles. The fourth-order valence-electron chi connectivity index (χ4n) is 1.26. The Hall–Kier alpha value is -2.24. The molecule has 0 aliphatic carbocycles. The lowest BCUT2D eigenvalue weighted by molar-refractivity contribution is 0.249. The fraction of sp³-hybridized carbons (Fsp3) is 0.273. The lowest BCUT2D eigenvalue weighted by Crippen LogP contribution is -2.24. The zero-order valence-electron chi connectivity index (χ0n) is 9.77. The van der Waals surface area contributed by atoms with E-state index in [1.807, 2.05) is 6.92 Å². The minimum absolute atomic E-state index is 0.504. The molecule has 2 amide bonds. The topological polar surface area (TPSA) is 85.9 Å². The van der Waals surface area contributed by atoms with Crippen molar-refractivity contribution in [3.05, 3.63) is 23.8 Å². The lowest BCUT2D eigenvalue weighted by Gasteiger charge is -2.11. The molecule has 0 saturated heterocycles. The molecule has 0 heterocycles. The molecule has 0 aliphatic rings. The van der Waals surface area contributed by atoms with Gasteiger partial charge in [-0.05, 0) is 19.1 Å². The SMILES string of the molecule is CCOc1c(C=NNC(N)=O)cccc1OC. The first-order chi connectivity index (χ1) is 8.19. The van der Waals surface area contributed by atoms with E-state index in [1.54, 1.807) is 25.3 Å². The number of methoxy groups -OCH3 is 1. The van der Waals surface area contributed by atoms with Gasteiger partial charge in [-0.2, -0.15) is 5.10 Å². The van der Waals surface area contributed by atoms with E-state index in [0.717, 1.165) is 0 Å². The van der Waals surface area contributed by atoms with Crippen molar-refractivity contribution in [2.45, 2.75) is 6.92 Å². The number of nitrogens with one attached hydrogen (secondary N) is 1. The second-order valence-corrected chi connectivity index (χ2v) is 3.05. The number of benzene rings is 1. The molecule has 0 radical (unpaired) electrons. The van der Waals surface area contributed by atoms with E-state index in [2.05, 4.69) is 10.5 Å². The highest BCUT2D eigenvalue weighted by Crippen LogP contribution is 2.29. The number of rotatable bonds is 5. The van der Waals surface area contributed by atoms with Crippen molar-refractivity contribution >= 4 is 12.2 Å². The fourth-order valence-corrected chi connectivity index (χ4v) is 1.26. The maximum atomic E-state index is 10.5. The first-order valence-electron chi connectivity index (χ1n) is 5.07. The minimum Gasteiger partial charge on any atom is -0.493 e. The minimum atomic E-state index is -0.720. The number of carbonyl (C=O) groups excluding carboxylic acids is 1. The predicted octanol–water partition coefficient (Wildman–Crippen LogP) is 1.10. The van der Waals surface area contributed by atoms with E-state index in [9.17, 15) is 4.79 Å². The molecule has 92 valence electrons. The molecule has 1 aromatic rings. The second-order valence-electron chi connectivity index (χ2n) is 3.05. The molecule has 0 spiro atoms. The summed E-state index contributed by atoms with van der Waals surface area (Å²) in [7, 11) is 1.56. The summed E-state index contributed by atoms with van der Waals surface area (Å²) in [6.07, 6.45) is 1.44. The van der Waals surface area contributed by atoms with Gasteiger partial charge in [0.1, 0.15) is 0 Å². The largest absolute Gasteiger partial charge is 0.493 e. The predicted molar refractivity (Wildman–Crippen MR) is 64.5 cm³/mol. The van der Waals surface area contributed by atoms with Crippen LogP contribution in [0.2, 0.25) is 0 Å². The Kier molecular flexibility index (Phi) is 4.80. The van der Waals surface area contributed by atoms with Crippen molar-refractivity contribution in [2.24, 2.45) is 10.8 Å². The maximum absolute atomic E-state index is 10.5. The van der Waals surface area contributed by atoms with Crippen LogP contribution in [-0.4, -0.2) is 26.0 Å². The van der Waals surface area contributed by atoms with Gasteiger partial charge in [0.2, 0.25) is 0 Å². The van der Waals surface area contributed by atoms with E-state index in [0.29, 0.717) is 23.7 Å². The molecule has 1 aromatic carbocycles. The van der Waals surface area contributed by atoms with E-state index < -0.39 is 6.03 Å². The summed E-state index contributed by atoms with van der Waals surface area (Å²) in [5.74, 6) is 1.18. The van der Waals surface area contributed by atoms with Crippen LogP contribution < -0.4 is 20.6 Å². The van der Waals surface area contributed by atoms with Crippen molar-refractivity contribution in [3.8, 4) is 11.5 Å². The molecule has 3 N–H and O–H groups in total. The van der Waals surface area contributed by atoms with Crippen LogP contribution in [0.25, 0.3) is 0 Å². The molecule has 6 heteroatoms. The number of hydrogen-bond acceptors (Lipinski definition) is 4. The van der Waals surface area contributed by atoms with Gasteiger partial charge in [0.25, 0.3) is 0 Å². The standard InChI is InChI=1S/C11H15N3O3/c1-3-17-10-8(7-13-14-11(12)15)5-4-6-9(10)16-2/h4-7H,3H2,1-2H3,(H3,12,14,15). The highest BCUT2D eigenvalue weighted by molar-refractivity contribution is 5.86. The van der Waals surface area contributed by atoms with Gasteiger partial charge in [-0.3, -0.25) is 0 Å². The number of primary amides is 1. The lowest BCUT2D eigenvalue weighted by atomic mass is 10.2. The summed E-state index contributed by atoms with van der Waals surface area (Å²) in [5.41, 5.74) is 7.70. The zero-order chi connectivity index (χ0) is 12.7. The Labute approximate surface area is 99.4 Å². The van der Waals surface area contributed by atoms with Crippen molar-refractivity contribution < 1.29 is 14.3 Å². The van der Waals surface area contributed by atoms with E-state index >= 15 is 0 Å². The van der Waals surface area contributed by atoms with Crippen LogP contribution in [0, 0.1) is 0 Å². The van der Waals surface area contributed by atoms with Crippen molar-refractivity contribution in [3.63, 3.8) is 0 Å². The molecule has 0 fully saturated rings. The Bertz CT molecular complexity index is 418. The second kappa shape index (κ2) is 6.37. The van der Waals surface area contributed by atoms with Gasteiger partial charge < -0.3 is 15.2 Å². The molecule has 17 heavy (non-hydrogen) atoms. The molecule has 6 nitrogen and oxygen atoms in total. The van der Waals surface area contributed by atoms with Gasteiger partial charge in [-0.25, -0.2) is 10.2 Å². The van der Waals surface area contributed by atoms with Crippen LogP contribution in [0.15, 0.2) is 23.3 Å².